The minimum atomic E-state index is -0.942. The number of halogens is 2. The first-order chi connectivity index (χ1) is 10.1. The summed E-state index contributed by atoms with van der Waals surface area (Å²) in [6.45, 7) is 5.03. The van der Waals surface area contributed by atoms with Crippen molar-refractivity contribution in [3.63, 3.8) is 0 Å². The second kappa shape index (κ2) is 6.38. The number of hydrogen-bond acceptors (Lipinski definition) is 3. The van der Waals surface area contributed by atoms with Gasteiger partial charge in [0.25, 0.3) is 0 Å². The highest BCUT2D eigenvalue weighted by atomic mass is 19.2. The van der Waals surface area contributed by atoms with Gasteiger partial charge in [-0.2, -0.15) is 0 Å². The molecule has 1 aromatic rings. The van der Waals surface area contributed by atoms with Crippen LogP contribution in [0.2, 0.25) is 0 Å². The van der Waals surface area contributed by atoms with Gasteiger partial charge in [-0.05, 0) is 31.9 Å². The Morgan fingerprint density at radius 1 is 1.24 bits per heavy atom. The Morgan fingerprint density at radius 2 is 2.10 bits per heavy atom. The van der Waals surface area contributed by atoms with Gasteiger partial charge >= 0.3 is 0 Å². The minimum Gasteiger partial charge on any atom is -0.388 e. The van der Waals surface area contributed by atoms with E-state index in [-0.39, 0.29) is 5.56 Å². The monoisotopic (exact) mass is 296 g/mol. The second-order valence-corrected chi connectivity index (χ2v) is 6.08. The van der Waals surface area contributed by atoms with Gasteiger partial charge in [0.15, 0.2) is 11.6 Å². The summed E-state index contributed by atoms with van der Waals surface area (Å²) in [5.74, 6) is -1.82. The summed E-state index contributed by atoms with van der Waals surface area (Å²) in [6.07, 6.45) is 2.02. The highest BCUT2D eigenvalue weighted by Gasteiger charge is 2.30. The van der Waals surface area contributed by atoms with E-state index in [1.165, 1.54) is 31.5 Å². The molecule has 2 saturated heterocycles. The molecule has 116 valence electrons. The van der Waals surface area contributed by atoms with Crippen molar-refractivity contribution >= 4 is 0 Å². The molecular weight excluding hydrogens is 274 g/mol. The molecule has 2 heterocycles. The number of aliphatic hydroxyl groups excluding tert-OH is 1. The third-order valence-electron chi connectivity index (χ3n) is 4.73. The third-order valence-corrected chi connectivity index (χ3v) is 4.73. The Hall–Kier alpha value is -1.04. The quantitative estimate of drug-likeness (QED) is 0.922. The normalized spacial score (nSPS) is 25.0. The molecule has 5 heteroatoms. The van der Waals surface area contributed by atoms with Gasteiger partial charge in [0.2, 0.25) is 0 Å². The first-order valence-electron chi connectivity index (χ1n) is 7.73. The molecule has 0 aliphatic carbocycles. The molecule has 0 amide bonds. The zero-order chi connectivity index (χ0) is 14.8. The number of piperazine rings is 1. The second-order valence-electron chi connectivity index (χ2n) is 6.08. The summed E-state index contributed by atoms with van der Waals surface area (Å²) < 4.78 is 26.8. The molecule has 2 fully saturated rings. The van der Waals surface area contributed by atoms with E-state index in [0.29, 0.717) is 12.5 Å². The van der Waals surface area contributed by atoms with Gasteiger partial charge < -0.3 is 10.0 Å². The fourth-order valence-electron chi connectivity index (χ4n) is 3.50. The van der Waals surface area contributed by atoms with Crippen LogP contribution in [0.1, 0.15) is 30.9 Å². The number of aliphatic hydroxyl groups is 1. The zero-order valence-electron chi connectivity index (χ0n) is 12.1. The van der Waals surface area contributed by atoms with Crippen molar-refractivity contribution in [1.82, 2.24) is 9.80 Å². The maximum atomic E-state index is 13.6. The van der Waals surface area contributed by atoms with E-state index < -0.39 is 17.7 Å². The van der Waals surface area contributed by atoms with Crippen LogP contribution in [0, 0.1) is 11.6 Å². The van der Waals surface area contributed by atoms with Crippen molar-refractivity contribution in [2.45, 2.75) is 31.4 Å². The lowest BCUT2D eigenvalue weighted by atomic mass is 10.0. The molecule has 21 heavy (non-hydrogen) atoms. The van der Waals surface area contributed by atoms with E-state index in [0.717, 1.165) is 32.2 Å². The van der Waals surface area contributed by atoms with E-state index in [9.17, 15) is 13.9 Å². The summed E-state index contributed by atoms with van der Waals surface area (Å²) in [5, 5.41) is 10.1. The van der Waals surface area contributed by atoms with Crippen LogP contribution in [0.5, 0.6) is 0 Å². The van der Waals surface area contributed by atoms with E-state index >= 15 is 0 Å². The Kier molecular flexibility index (Phi) is 4.52. The summed E-state index contributed by atoms with van der Waals surface area (Å²) in [5.41, 5.74) is 0.0644. The average Bonchev–Trinajstić information content (AvgIpc) is 2.95. The van der Waals surface area contributed by atoms with Gasteiger partial charge in [0, 0.05) is 37.8 Å². The topological polar surface area (TPSA) is 26.7 Å². The molecule has 2 aliphatic rings. The van der Waals surface area contributed by atoms with Crippen LogP contribution < -0.4 is 0 Å². The molecule has 0 spiro atoms. The van der Waals surface area contributed by atoms with Gasteiger partial charge in [-0.15, -0.1) is 0 Å². The van der Waals surface area contributed by atoms with Gasteiger partial charge in [0.1, 0.15) is 0 Å². The molecule has 3 nitrogen and oxygen atoms in total. The zero-order valence-corrected chi connectivity index (χ0v) is 12.1. The number of hydrogen-bond donors (Lipinski definition) is 1. The standard InChI is InChI=1S/C16H22F2N2O/c17-14-5-1-4-13(16(14)18)15(21)6-8-19-9-10-20-7-2-3-12(20)11-19/h1,4-5,12,15,21H,2-3,6-11H2. The van der Waals surface area contributed by atoms with Crippen LogP contribution in [0.3, 0.4) is 0 Å². The van der Waals surface area contributed by atoms with Gasteiger partial charge in [0.05, 0.1) is 6.10 Å². The minimum absolute atomic E-state index is 0.0644. The summed E-state index contributed by atoms with van der Waals surface area (Å²) in [4.78, 5) is 4.85. The maximum Gasteiger partial charge on any atom is 0.164 e. The largest absolute Gasteiger partial charge is 0.388 e. The first kappa shape index (κ1) is 14.9. The van der Waals surface area contributed by atoms with Crippen LogP contribution in [0.25, 0.3) is 0 Å². The highest BCUT2D eigenvalue weighted by Crippen LogP contribution is 2.24. The number of fused-ring (bicyclic) bond motifs is 1. The Labute approximate surface area is 124 Å². The molecule has 1 aromatic carbocycles. The maximum absolute atomic E-state index is 13.6. The number of benzene rings is 1. The van der Waals surface area contributed by atoms with Crippen LogP contribution >= 0.6 is 0 Å². The van der Waals surface area contributed by atoms with Crippen LogP contribution in [0.15, 0.2) is 18.2 Å². The SMILES string of the molecule is OC(CCN1CCN2CCCC2C1)c1cccc(F)c1F. The van der Waals surface area contributed by atoms with Crippen molar-refractivity contribution in [3.8, 4) is 0 Å². The predicted molar refractivity (Wildman–Crippen MR) is 77.0 cm³/mol. The molecule has 3 rings (SSSR count). The molecule has 2 aliphatic heterocycles. The molecule has 0 radical (unpaired) electrons. The van der Waals surface area contributed by atoms with E-state index in [2.05, 4.69) is 9.80 Å². The van der Waals surface area contributed by atoms with Gasteiger partial charge in [-0.1, -0.05) is 12.1 Å². The molecule has 0 bridgehead atoms. The van der Waals surface area contributed by atoms with E-state index in [1.807, 2.05) is 0 Å². The first-order valence-corrected chi connectivity index (χ1v) is 7.73. The number of nitrogens with zero attached hydrogens (tertiary/aromatic N) is 2. The van der Waals surface area contributed by atoms with Crippen molar-refractivity contribution in [2.75, 3.05) is 32.7 Å². The van der Waals surface area contributed by atoms with Gasteiger partial charge in [-0.3, -0.25) is 4.90 Å². The molecule has 2 atom stereocenters. The molecule has 2 unspecified atom stereocenters. The fraction of sp³-hybridized carbons (Fsp3) is 0.625. The lowest BCUT2D eigenvalue weighted by Crippen LogP contribution is -2.50. The summed E-state index contributed by atoms with van der Waals surface area (Å²) in [6, 6.07) is 4.61. The Morgan fingerprint density at radius 3 is 2.95 bits per heavy atom. The summed E-state index contributed by atoms with van der Waals surface area (Å²) >= 11 is 0. The van der Waals surface area contributed by atoms with Crippen LogP contribution in [-0.2, 0) is 0 Å². The van der Waals surface area contributed by atoms with Crippen molar-refractivity contribution in [2.24, 2.45) is 0 Å². The third kappa shape index (κ3) is 3.25. The van der Waals surface area contributed by atoms with Gasteiger partial charge in [-0.25, -0.2) is 8.78 Å². The number of rotatable bonds is 4. The van der Waals surface area contributed by atoms with E-state index in [1.54, 1.807) is 0 Å². The van der Waals surface area contributed by atoms with Crippen LogP contribution in [-0.4, -0.2) is 53.7 Å². The smallest absolute Gasteiger partial charge is 0.164 e. The molecule has 1 N–H and O–H groups in total. The highest BCUT2D eigenvalue weighted by molar-refractivity contribution is 5.21. The predicted octanol–water partition coefficient (Wildman–Crippen LogP) is 2.17. The lowest BCUT2D eigenvalue weighted by molar-refractivity contribution is 0.0824. The molecule has 0 saturated carbocycles. The van der Waals surface area contributed by atoms with Crippen molar-refractivity contribution in [3.05, 3.63) is 35.4 Å². The lowest BCUT2D eigenvalue weighted by Gasteiger charge is -2.37. The fourth-order valence-corrected chi connectivity index (χ4v) is 3.50. The van der Waals surface area contributed by atoms with Crippen molar-refractivity contribution in [1.29, 1.82) is 0 Å². The summed E-state index contributed by atoms with van der Waals surface area (Å²) in [7, 11) is 0. The molecular formula is C16H22F2N2O. The van der Waals surface area contributed by atoms with Crippen LogP contribution in [0.4, 0.5) is 8.78 Å². The van der Waals surface area contributed by atoms with Crippen molar-refractivity contribution < 1.29 is 13.9 Å². The molecule has 0 aromatic heterocycles. The Balaban J connectivity index is 1.54. The Bertz CT molecular complexity index is 497. The van der Waals surface area contributed by atoms with E-state index in [4.69, 9.17) is 0 Å². The average molecular weight is 296 g/mol.